The Morgan fingerprint density at radius 3 is 2.42 bits per heavy atom. The van der Waals surface area contributed by atoms with Crippen molar-refractivity contribution >= 4 is 0 Å². The Balaban J connectivity index is 2.84. The lowest BCUT2D eigenvalue weighted by Crippen LogP contribution is -2.28. The molecule has 0 saturated carbocycles. The Morgan fingerprint density at radius 2 is 2.00 bits per heavy atom. The minimum atomic E-state index is -4.25. The van der Waals surface area contributed by atoms with Gasteiger partial charge in [-0.05, 0) is 5.92 Å². The molecule has 1 nitrogen and oxygen atoms in total. The molecule has 2 N–H and O–H groups in total. The van der Waals surface area contributed by atoms with Gasteiger partial charge < -0.3 is 5.73 Å². The largest absolute Gasteiger partial charge is 0.416 e. The summed E-state index contributed by atoms with van der Waals surface area (Å²) in [5.41, 5.74) is 4.88. The van der Waals surface area contributed by atoms with E-state index in [-0.39, 0.29) is 12.0 Å². The summed E-state index contributed by atoms with van der Waals surface area (Å²) in [5, 5.41) is 0. The van der Waals surface area contributed by atoms with Gasteiger partial charge in [0.05, 0.1) is 5.57 Å². The Bertz CT molecular complexity index is 227. The molecular formula is C8H10F3N. The number of alkyl halides is 3. The van der Waals surface area contributed by atoms with Crippen molar-refractivity contribution in [1.29, 1.82) is 0 Å². The molecule has 0 saturated heterocycles. The van der Waals surface area contributed by atoms with E-state index in [1.54, 1.807) is 6.92 Å². The van der Waals surface area contributed by atoms with Crippen LogP contribution in [-0.4, -0.2) is 12.2 Å². The molecular weight excluding hydrogens is 167 g/mol. The van der Waals surface area contributed by atoms with Gasteiger partial charge in [0, 0.05) is 6.04 Å². The van der Waals surface area contributed by atoms with Crippen molar-refractivity contribution in [3.63, 3.8) is 0 Å². The summed E-state index contributed by atoms with van der Waals surface area (Å²) < 4.78 is 36.2. The molecule has 1 aliphatic rings. The maximum Gasteiger partial charge on any atom is 0.416 e. The van der Waals surface area contributed by atoms with Crippen molar-refractivity contribution in [2.75, 3.05) is 0 Å². The van der Waals surface area contributed by atoms with Crippen LogP contribution in [0.5, 0.6) is 0 Å². The molecule has 0 spiro atoms. The predicted octanol–water partition coefficient (Wildman–Crippen LogP) is 2.01. The maximum absolute atomic E-state index is 12.1. The molecule has 1 aliphatic carbocycles. The first-order valence-corrected chi connectivity index (χ1v) is 3.64. The molecule has 68 valence electrons. The zero-order valence-corrected chi connectivity index (χ0v) is 6.60. The van der Waals surface area contributed by atoms with Crippen LogP contribution in [0.15, 0.2) is 23.8 Å². The van der Waals surface area contributed by atoms with Gasteiger partial charge in [0.15, 0.2) is 0 Å². The summed E-state index contributed by atoms with van der Waals surface area (Å²) in [6.07, 6.45) is -0.673. The number of nitrogens with two attached hydrogens (primary N) is 1. The lowest BCUT2D eigenvalue weighted by molar-refractivity contribution is -0.0889. The van der Waals surface area contributed by atoms with Crippen molar-refractivity contribution in [2.45, 2.75) is 19.1 Å². The smallest absolute Gasteiger partial charge is 0.324 e. The van der Waals surface area contributed by atoms with Gasteiger partial charge in [0.2, 0.25) is 0 Å². The van der Waals surface area contributed by atoms with Gasteiger partial charge in [-0.2, -0.15) is 13.2 Å². The zero-order chi connectivity index (χ0) is 9.35. The van der Waals surface area contributed by atoms with Gasteiger partial charge in [-0.3, -0.25) is 0 Å². The van der Waals surface area contributed by atoms with Crippen LogP contribution < -0.4 is 5.73 Å². The molecule has 4 heteroatoms. The average molecular weight is 177 g/mol. The number of halogens is 3. The summed E-state index contributed by atoms with van der Waals surface area (Å²) in [5.74, 6) is -0.244. The molecule has 0 aromatic heterocycles. The molecule has 0 aromatic rings. The fourth-order valence-electron chi connectivity index (χ4n) is 1.03. The van der Waals surface area contributed by atoms with E-state index in [0.717, 1.165) is 12.2 Å². The number of hydrogen-bond acceptors (Lipinski definition) is 1. The minimum Gasteiger partial charge on any atom is -0.324 e. The lowest BCUT2D eigenvalue weighted by atomic mass is 9.93. The normalized spacial score (nSPS) is 30.2. The molecule has 0 aliphatic heterocycles. The van der Waals surface area contributed by atoms with Crippen molar-refractivity contribution in [3.8, 4) is 0 Å². The fraction of sp³-hybridized carbons (Fsp3) is 0.500. The van der Waals surface area contributed by atoms with Crippen LogP contribution in [0.1, 0.15) is 6.92 Å². The van der Waals surface area contributed by atoms with E-state index >= 15 is 0 Å². The van der Waals surface area contributed by atoms with E-state index in [4.69, 9.17) is 5.73 Å². The molecule has 1 unspecified atom stereocenters. The number of rotatable bonds is 0. The third-order valence-corrected chi connectivity index (χ3v) is 1.87. The van der Waals surface area contributed by atoms with E-state index in [2.05, 4.69) is 0 Å². The first-order valence-electron chi connectivity index (χ1n) is 3.64. The van der Waals surface area contributed by atoms with Crippen LogP contribution in [0.2, 0.25) is 0 Å². The highest BCUT2D eigenvalue weighted by Gasteiger charge is 2.33. The van der Waals surface area contributed by atoms with Crippen molar-refractivity contribution in [1.82, 2.24) is 0 Å². The van der Waals surface area contributed by atoms with E-state index in [1.807, 2.05) is 0 Å². The Labute approximate surface area is 68.7 Å². The summed E-state index contributed by atoms with van der Waals surface area (Å²) in [6.45, 7) is 1.67. The highest BCUT2D eigenvalue weighted by atomic mass is 19.4. The van der Waals surface area contributed by atoms with Gasteiger partial charge in [0.1, 0.15) is 0 Å². The fourth-order valence-corrected chi connectivity index (χ4v) is 1.03. The SMILES string of the molecule is CC1C=C(C(F)(F)F)C=C[C@@H]1N. The average Bonchev–Trinajstić information content (AvgIpc) is 1.92. The zero-order valence-electron chi connectivity index (χ0n) is 6.60. The summed E-state index contributed by atoms with van der Waals surface area (Å²) >= 11 is 0. The topological polar surface area (TPSA) is 26.0 Å². The molecule has 0 radical (unpaired) electrons. The standard InChI is InChI=1S/C8H10F3N/c1-5-4-6(8(9,10)11)2-3-7(5)12/h2-5,7H,12H2,1H3/t5?,7-/m0/s1. The van der Waals surface area contributed by atoms with Crippen LogP contribution in [0.4, 0.5) is 13.2 Å². The van der Waals surface area contributed by atoms with E-state index in [1.165, 1.54) is 6.08 Å². The Morgan fingerprint density at radius 1 is 1.42 bits per heavy atom. The van der Waals surface area contributed by atoms with Crippen molar-refractivity contribution < 1.29 is 13.2 Å². The minimum absolute atomic E-state index is 0.244. The van der Waals surface area contributed by atoms with Crippen molar-refractivity contribution in [3.05, 3.63) is 23.8 Å². The third kappa shape index (κ3) is 1.88. The number of hydrogen-bond donors (Lipinski definition) is 1. The molecule has 0 bridgehead atoms. The van der Waals surface area contributed by atoms with Gasteiger partial charge in [-0.25, -0.2) is 0 Å². The summed E-state index contributed by atoms with van der Waals surface area (Å²) in [7, 11) is 0. The highest BCUT2D eigenvalue weighted by molar-refractivity contribution is 5.30. The third-order valence-electron chi connectivity index (χ3n) is 1.87. The van der Waals surface area contributed by atoms with E-state index in [0.29, 0.717) is 0 Å². The Kier molecular flexibility index (Phi) is 2.28. The molecule has 2 atom stereocenters. The second kappa shape index (κ2) is 2.94. The molecule has 12 heavy (non-hydrogen) atoms. The van der Waals surface area contributed by atoms with Crippen LogP contribution in [-0.2, 0) is 0 Å². The first-order chi connectivity index (χ1) is 5.41. The van der Waals surface area contributed by atoms with Crippen LogP contribution in [0.3, 0.4) is 0 Å². The van der Waals surface area contributed by atoms with Gasteiger partial charge in [-0.15, -0.1) is 0 Å². The monoisotopic (exact) mass is 177 g/mol. The molecule has 0 fully saturated rings. The van der Waals surface area contributed by atoms with Crippen LogP contribution in [0.25, 0.3) is 0 Å². The maximum atomic E-state index is 12.1. The summed E-state index contributed by atoms with van der Waals surface area (Å²) in [6, 6.07) is -0.295. The van der Waals surface area contributed by atoms with Gasteiger partial charge >= 0.3 is 6.18 Å². The van der Waals surface area contributed by atoms with Crippen molar-refractivity contribution in [2.24, 2.45) is 11.7 Å². The van der Waals surface area contributed by atoms with Gasteiger partial charge in [-0.1, -0.05) is 25.2 Å². The first kappa shape index (κ1) is 9.32. The van der Waals surface area contributed by atoms with Crippen LogP contribution in [0, 0.1) is 5.92 Å². The van der Waals surface area contributed by atoms with Crippen LogP contribution >= 0.6 is 0 Å². The lowest BCUT2D eigenvalue weighted by Gasteiger charge is -2.20. The van der Waals surface area contributed by atoms with Gasteiger partial charge in [0.25, 0.3) is 0 Å². The van der Waals surface area contributed by atoms with E-state index in [9.17, 15) is 13.2 Å². The molecule has 0 amide bonds. The quantitative estimate of drug-likeness (QED) is 0.601. The second-order valence-corrected chi connectivity index (χ2v) is 2.92. The molecule has 0 heterocycles. The number of allylic oxidation sites excluding steroid dienone is 2. The Hall–Kier alpha value is -0.770. The molecule has 1 rings (SSSR count). The highest BCUT2D eigenvalue weighted by Crippen LogP contribution is 2.30. The second-order valence-electron chi connectivity index (χ2n) is 2.92. The molecule has 0 aromatic carbocycles. The summed E-state index contributed by atoms with van der Waals surface area (Å²) in [4.78, 5) is 0. The van der Waals surface area contributed by atoms with E-state index < -0.39 is 11.7 Å². The predicted molar refractivity (Wildman–Crippen MR) is 40.4 cm³/mol.